The molecule has 0 aromatic heterocycles. The summed E-state index contributed by atoms with van der Waals surface area (Å²) in [4.78, 5) is 14.3. The van der Waals surface area contributed by atoms with E-state index in [9.17, 15) is 4.79 Å². The van der Waals surface area contributed by atoms with Gasteiger partial charge in [-0.25, -0.2) is 0 Å². The van der Waals surface area contributed by atoms with Crippen LogP contribution in [0.5, 0.6) is 0 Å². The van der Waals surface area contributed by atoms with Crippen LogP contribution in [0.4, 0.5) is 0 Å². The summed E-state index contributed by atoms with van der Waals surface area (Å²) in [5, 5.41) is 3.52. The second-order valence-electron chi connectivity index (χ2n) is 7.16. The quantitative estimate of drug-likeness (QED) is 0.939. The van der Waals surface area contributed by atoms with E-state index in [-0.39, 0.29) is 17.5 Å². The molecule has 1 amide bonds. The molecule has 1 N–H and O–H groups in total. The zero-order valence-corrected chi connectivity index (χ0v) is 13.9. The minimum atomic E-state index is 0.0626. The number of nitrogens with one attached hydrogen (secondary N) is 1. The van der Waals surface area contributed by atoms with Crippen molar-refractivity contribution in [2.24, 2.45) is 5.41 Å². The molecule has 0 saturated carbocycles. The van der Waals surface area contributed by atoms with Crippen LogP contribution in [0.1, 0.15) is 24.0 Å². The van der Waals surface area contributed by atoms with E-state index in [2.05, 4.69) is 70.9 Å². The predicted molar refractivity (Wildman–Crippen MR) is 95.5 cm³/mol. The van der Waals surface area contributed by atoms with E-state index in [1.54, 1.807) is 0 Å². The van der Waals surface area contributed by atoms with Crippen LogP contribution in [0.2, 0.25) is 0 Å². The fourth-order valence-corrected chi connectivity index (χ4v) is 4.52. The van der Waals surface area contributed by atoms with Gasteiger partial charge in [-0.1, -0.05) is 60.7 Å². The minimum absolute atomic E-state index is 0.0626. The highest BCUT2D eigenvalue weighted by Crippen LogP contribution is 2.42. The van der Waals surface area contributed by atoms with Gasteiger partial charge in [-0.05, 0) is 36.8 Å². The Morgan fingerprint density at radius 2 is 1.54 bits per heavy atom. The first-order valence-electron chi connectivity index (χ1n) is 8.88. The van der Waals surface area contributed by atoms with Crippen molar-refractivity contribution in [2.45, 2.75) is 31.8 Å². The Labute approximate surface area is 143 Å². The summed E-state index contributed by atoms with van der Waals surface area (Å²) in [5.41, 5.74) is 2.78. The lowest BCUT2D eigenvalue weighted by Crippen LogP contribution is -2.56. The Hall–Kier alpha value is -2.13. The van der Waals surface area contributed by atoms with Gasteiger partial charge >= 0.3 is 0 Å². The van der Waals surface area contributed by atoms with Gasteiger partial charge in [0.05, 0.1) is 12.7 Å². The van der Waals surface area contributed by atoms with Gasteiger partial charge < -0.3 is 4.90 Å². The van der Waals surface area contributed by atoms with Gasteiger partial charge in [0.15, 0.2) is 0 Å². The topological polar surface area (TPSA) is 32.3 Å². The van der Waals surface area contributed by atoms with Crippen LogP contribution in [0, 0.1) is 5.41 Å². The SMILES string of the molecule is O=C1CNC2N1CCCC2(Cc1ccccc1)Cc1ccccc1. The first-order chi connectivity index (χ1) is 11.8. The van der Waals surface area contributed by atoms with E-state index in [1.165, 1.54) is 11.1 Å². The van der Waals surface area contributed by atoms with Gasteiger partial charge in [-0.2, -0.15) is 0 Å². The van der Waals surface area contributed by atoms with Gasteiger partial charge in [-0.15, -0.1) is 0 Å². The van der Waals surface area contributed by atoms with Gasteiger partial charge in [0.2, 0.25) is 5.91 Å². The van der Waals surface area contributed by atoms with Crippen molar-refractivity contribution in [3.05, 3.63) is 71.8 Å². The molecule has 2 heterocycles. The number of amides is 1. The Balaban J connectivity index is 1.70. The summed E-state index contributed by atoms with van der Waals surface area (Å²) in [6.07, 6.45) is 4.40. The zero-order valence-electron chi connectivity index (χ0n) is 13.9. The molecule has 0 spiro atoms. The van der Waals surface area contributed by atoms with Gasteiger partial charge in [0.1, 0.15) is 0 Å². The first-order valence-corrected chi connectivity index (χ1v) is 8.88. The zero-order chi connectivity index (χ0) is 16.4. The maximum Gasteiger partial charge on any atom is 0.237 e. The highest BCUT2D eigenvalue weighted by molar-refractivity contribution is 5.81. The van der Waals surface area contributed by atoms with Crippen LogP contribution >= 0.6 is 0 Å². The molecule has 1 atom stereocenters. The van der Waals surface area contributed by atoms with E-state index < -0.39 is 0 Å². The summed E-state index contributed by atoms with van der Waals surface area (Å²) in [5.74, 6) is 0.255. The second kappa shape index (κ2) is 6.40. The Morgan fingerprint density at radius 1 is 0.958 bits per heavy atom. The summed E-state index contributed by atoms with van der Waals surface area (Å²) in [6, 6.07) is 21.4. The summed E-state index contributed by atoms with van der Waals surface area (Å²) in [6.45, 7) is 1.37. The van der Waals surface area contributed by atoms with Crippen molar-refractivity contribution in [3.8, 4) is 0 Å². The van der Waals surface area contributed by atoms with E-state index in [1.807, 2.05) is 0 Å². The third-order valence-corrected chi connectivity index (χ3v) is 5.53. The van der Waals surface area contributed by atoms with Gasteiger partial charge in [0, 0.05) is 12.0 Å². The fraction of sp³-hybridized carbons (Fsp3) is 0.381. The van der Waals surface area contributed by atoms with Crippen molar-refractivity contribution in [3.63, 3.8) is 0 Å². The Bertz CT molecular complexity index is 657. The number of rotatable bonds is 4. The number of carbonyl (C=O) groups is 1. The summed E-state index contributed by atoms with van der Waals surface area (Å²) >= 11 is 0. The average Bonchev–Trinajstić information content (AvgIpc) is 3.00. The maximum absolute atomic E-state index is 12.3. The van der Waals surface area contributed by atoms with E-state index in [4.69, 9.17) is 0 Å². The number of piperidine rings is 1. The van der Waals surface area contributed by atoms with Crippen LogP contribution in [0.3, 0.4) is 0 Å². The molecule has 0 radical (unpaired) electrons. The van der Waals surface area contributed by atoms with E-state index in [0.717, 1.165) is 32.2 Å². The molecular formula is C21H24N2O. The molecule has 2 aromatic rings. The number of fused-ring (bicyclic) bond motifs is 1. The standard InChI is InChI=1S/C21H24N2O/c24-19-16-22-20-21(12-7-13-23(19)20,14-17-8-3-1-4-9-17)15-18-10-5-2-6-11-18/h1-6,8-11,20,22H,7,12-16H2. The van der Waals surface area contributed by atoms with Crippen LogP contribution in [-0.2, 0) is 17.6 Å². The second-order valence-corrected chi connectivity index (χ2v) is 7.16. The van der Waals surface area contributed by atoms with Gasteiger partial charge in [0.25, 0.3) is 0 Å². The van der Waals surface area contributed by atoms with Crippen LogP contribution in [0.25, 0.3) is 0 Å². The monoisotopic (exact) mass is 320 g/mol. The molecule has 3 heteroatoms. The lowest BCUT2D eigenvalue weighted by Gasteiger charge is -2.47. The molecule has 2 saturated heterocycles. The fourth-order valence-electron chi connectivity index (χ4n) is 4.52. The van der Waals surface area contributed by atoms with Crippen LogP contribution in [0.15, 0.2) is 60.7 Å². The molecule has 4 rings (SSSR count). The molecule has 0 bridgehead atoms. The molecule has 3 nitrogen and oxygen atoms in total. The molecule has 2 aliphatic heterocycles. The molecule has 2 fully saturated rings. The lowest BCUT2D eigenvalue weighted by molar-refractivity contribution is -0.132. The molecule has 124 valence electrons. The number of hydrogen-bond acceptors (Lipinski definition) is 2. The Morgan fingerprint density at radius 3 is 2.12 bits per heavy atom. The van der Waals surface area contributed by atoms with Gasteiger partial charge in [-0.3, -0.25) is 10.1 Å². The van der Waals surface area contributed by atoms with E-state index >= 15 is 0 Å². The molecule has 1 unspecified atom stereocenters. The minimum Gasteiger partial charge on any atom is -0.325 e. The van der Waals surface area contributed by atoms with Crippen LogP contribution in [-0.4, -0.2) is 30.1 Å². The summed E-state index contributed by atoms with van der Waals surface area (Å²) in [7, 11) is 0. The van der Waals surface area contributed by atoms with Crippen molar-refractivity contribution in [1.82, 2.24) is 10.2 Å². The normalized spacial score (nSPS) is 22.4. The Kier molecular flexibility index (Phi) is 4.11. The predicted octanol–water partition coefficient (Wildman–Crippen LogP) is 3.01. The smallest absolute Gasteiger partial charge is 0.237 e. The third-order valence-electron chi connectivity index (χ3n) is 5.53. The molecule has 2 aromatic carbocycles. The highest BCUT2D eigenvalue weighted by atomic mass is 16.2. The van der Waals surface area contributed by atoms with E-state index in [0.29, 0.717) is 6.54 Å². The third kappa shape index (κ3) is 2.84. The number of nitrogens with zero attached hydrogens (tertiary/aromatic N) is 1. The first kappa shape index (κ1) is 15.4. The van der Waals surface area contributed by atoms with Crippen molar-refractivity contribution < 1.29 is 4.79 Å². The number of carbonyl (C=O) groups excluding carboxylic acids is 1. The molecular weight excluding hydrogens is 296 g/mol. The van der Waals surface area contributed by atoms with Crippen LogP contribution < -0.4 is 5.32 Å². The maximum atomic E-state index is 12.3. The number of benzene rings is 2. The highest BCUT2D eigenvalue weighted by Gasteiger charge is 2.48. The molecule has 24 heavy (non-hydrogen) atoms. The largest absolute Gasteiger partial charge is 0.325 e. The molecule has 2 aliphatic rings. The van der Waals surface area contributed by atoms with Crippen molar-refractivity contribution in [1.29, 1.82) is 0 Å². The average molecular weight is 320 g/mol. The summed E-state index contributed by atoms with van der Waals surface area (Å²) < 4.78 is 0. The van der Waals surface area contributed by atoms with Crippen molar-refractivity contribution in [2.75, 3.05) is 13.1 Å². The molecule has 0 aliphatic carbocycles. The number of hydrogen-bond donors (Lipinski definition) is 1. The van der Waals surface area contributed by atoms with Crippen molar-refractivity contribution >= 4 is 5.91 Å². The lowest BCUT2D eigenvalue weighted by atomic mass is 9.69.